The number of aryl methyl sites for hydroxylation is 1. The van der Waals surface area contributed by atoms with Gasteiger partial charge in [0.2, 0.25) is 0 Å². The monoisotopic (exact) mass is 375 g/mol. The van der Waals surface area contributed by atoms with Crippen LogP contribution >= 0.6 is 0 Å². The van der Waals surface area contributed by atoms with E-state index in [0.29, 0.717) is 28.8 Å². The van der Waals surface area contributed by atoms with Crippen LogP contribution in [0, 0.1) is 28.4 Å². The van der Waals surface area contributed by atoms with Gasteiger partial charge in [-0.05, 0) is 30.2 Å². The Bertz CT molecular complexity index is 1080. The summed E-state index contributed by atoms with van der Waals surface area (Å²) in [6.45, 7) is 1.67. The number of ether oxygens (including phenoxy) is 1. The van der Waals surface area contributed by atoms with Crippen molar-refractivity contribution in [2.75, 3.05) is 7.11 Å². The van der Waals surface area contributed by atoms with Gasteiger partial charge in [0.15, 0.2) is 5.82 Å². The first kappa shape index (κ1) is 18.8. The predicted molar refractivity (Wildman–Crippen MR) is 104 cm³/mol. The molecule has 1 aromatic heterocycles. The van der Waals surface area contributed by atoms with Crippen molar-refractivity contribution in [3.63, 3.8) is 0 Å². The minimum Gasteiger partial charge on any atom is -0.497 e. The lowest BCUT2D eigenvalue weighted by Gasteiger charge is -2.02. The van der Waals surface area contributed by atoms with Gasteiger partial charge in [-0.2, -0.15) is 10.4 Å². The number of hydrogen-bond donors (Lipinski definition) is 1. The number of aromatic amines is 1. The summed E-state index contributed by atoms with van der Waals surface area (Å²) in [7, 11) is 1.60. The number of nitriles is 1. The first-order valence-electron chi connectivity index (χ1n) is 8.41. The van der Waals surface area contributed by atoms with E-state index in [0.717, 1.165) is 11.3 Å². The van der Waals surface area contributed by atoms with E-state index in [4.69, 9.17) is 4.74 Å². The zero-order valence-corrected chi connectivity index (χ0v) is 15.3. The molecule has 1 N–H and O–H groups in total. The third-order valence-electron chi connectivity index (χ3n) is 4.24. The van der Waals surface area contributed by atoms with Gasteiger partial charge in [0.05, 0.1) is 17.7 Å². The standard InChI is InChI=1S/C20H17N5O3/c1-13-3-4-15(10-19(13)25(26)27)12-22-20-17(11-21)18(23-24-20)9-14-5-7-16(28-2)8-6-14/h3-8,10,12H,9H2,1-2H3,(H,23,24). The molecule has 28 heavy (non-hydrogen) atoms. The number of nitro benzene ring substituents is 1. The van der Waals surface area contributed by atoms with Crippen LogP contribution in [-0.2, 0) is 6.42 Å². The molecule has 0 amide bonds. The first-order valence-corrected chi connectivity index (χ1v) is 8.41. The quantitative estimate of drug-likeness (QED) is 0.399. The lowest BCUT2D eigenvalue weighted by atomic mass is 10.1. The van der Waals surface area contributed by atoms with Crippen molar-refractivity contribution in [2.24, 2.45) is 4.99 Å². The zero-order valence-electron chi connectivity index (χ0n) is 15.3. The van der Waals surface area contributed by atoms with Crippen molar-refractivity contribution in [2.45, 2.75) is 13.3 Å². The second kappa shape index (κ2) is 8.14. The van der Waals surface area contributed by atoms with Gasteiger partial charge in [-0.3, -0.25) is 15.2 Å². The van der Waals surface area contributed by atoms with Crippen LogP contribution in [0.1, 0.15) is 27.9 Å². The number of aromatic nitrogens is 2. The number of hydrogen-bond acceptors (Lipinski definition) is 6. The maximum atomic E-state index is 11.1. The second-order valence-corrected chi connectivity index (χ2v) is 6.10. The third-order valence-corrected chi connectivity index (χ3v) is 4.24. The van der Waals surface area contributed by atoms with Crippen LogP contribution in [0.4, 0.5) is 11.5 Å². The SMILES string of the molecule is COc1ccc(Cc2[nH]nc(N=Cc3ccc(C)c([N+](=O)[O-])c3)c2C#N)cc1. The molecule has 0 fully saturated rings. The molecule has 0 radical (unpaired) electrons. The Kier molecular flexibility index (Phi) is 5.46. The molecule has 0 saturated carbocycles. The average Bonchev–Trinajstić information content (AvgIpc) is 3.09. The molecule has 1 heterocycles. The molecule has 0 aliphatic rings. The number of nitrogens with zero attached hydrogens (tertiary/aromatic N) is 4. The highest BCUT2D eigenvalue weighted by Crippen LogP contribution is 2.23. The first-order chi connectivity index (χ1) is 13.5. The van der Waals surface area contributed by atoms with Crippen LogP contribution in [0.5, 0.6) is 5.75 Å². The van der Waals surface area contributed by atoms with E-state index in [1.807, 2.05) is 24.3 Å². The number of nitrogens with one attached hydrogen (secondary N) is 1. The molecule has 8 nitrogen and oxygen atoms in total. The van der Waals surface area contributed by atoms with E-state index in [9.17, 15) is 15.4 Å². The van der Waals surface area contributed by atoms with Gasteiger partial charge in [0.25, 0.3) is 5.69 Å². The molecular weight excluding hydrogens is 358 g/mol. The van der Waals surface area contributed by atoms with Gasteiger partial charge in [0, 0.05) is 24.3 Å². The molecule has 0 aliphatic carbocycles. The topological polar surface area (TPSA) is 117 Å². The van der Waals surface area contributed by atoms with Crippen molar-refractivity contribution in [1.82, 2.24) is 10.2 Å². The van der Waals surface area contributed by atoms with E-state index in [-0.39, 0.29) is 11.5 Å². The van der Waals surface area contributed by atoms with Crippen LogP contribution in [-0.4, -0.2) is 28.4 Å². The molecule has 3 rings (SSSR count). The van der Waals surface area contributed by atoms with Crippen LogP contribution in [0.15, 0.2) is 47.5 Å². The molecule has 3 aromatic rings. The Hall–Kier alpha value is -3.99. The van der Waals surface area contributed by atoms with Gasteiger partial charge in [0.1, 0.15) is 17.4 Å². The Morgan fingerprint density at radius 2 is 2.07 bits per heavy atom. The summed E-state index contributed by atoms with van der Waals surface area (Å²) < 4.78 is 5.14. The van der Waals surface area contributed by atoms with Crippen molar-refractivity contribution < 1.29 is 9.66 Å². The number of nitro groups is 1. The van der Waals surface area contributed by atoms with Crippen LogP contribution in [0.25, 0.3) is 0 Å². The number of rotatable bonds is 6. The van der Waals surface area contributed by atoms with Crippen molar-refractivity contribution in [1.29, 1.82) is 5.26 Å². The van der Waals surface area contributed by atoms with Crippen molar-refractivity contribution >= 4 is 17.7 Å². The van der Waals surface area contributed by atoms with Gasteiger partial charge in [-0.1, -0.05) is 24.3 Å². The number of aliphatic imine (C=N–C) groups is 1. The van der Waals surface area contributed by atoms with Crippen LogP contribution < -0.4 is 4.74 Å². The fraction of sp³-hybridized carbons (Fsp3) is 0.150. The molecular formula is C20H17N5O3. The summed E-state index contributed by atoms with van der Waals surface area (Å²) in [5, 5.41) is 27.5. The highest BCUT2D eigenvalue weighted by molar-refractivity contribution is 5.83. The Labute approximate surface area is 161 Å². The molecule has 0 spiro atoms. The zero-order chi connectivity index (χ0) is 20.1. The summed E-state index contributed by atoms with van der Waals surface area (Å²) in [4.78, 5) is 14.9. The highest BCUT2D eigenvalue weighted by atomic mass is 16.6. The smallest absolute Gasteiger partial charge is 0.272 e. The third kappa shape index (κ3) is 4.04. The predicted octanol–water partition coefficient (Wildman–Crippen LogP) is 3.85. The van der Waals surface area contributed by atoms with E-state index in [2.05, 4.69) is 21.3 Å². The second-order valence-electron chi connectivity index (χ2n) is 6.10. The van der Waals surface area contributed by atoms with E-state index < -0.39 is 4.92 Å². The Morgan fingerprint density at radius 1 is 1.32 bits per heavy atom. The Morgan fingerprint density at radius 3 is 2.71 bits per heavy atom. The maximum absolute atomic E-state index is 11.1. The number of benzene rings is 2. The summed E-state index contributed by atoms with van der Waals surface area (Å²) in [6.07, 6.45) is 1.95. The number of H-pyrrole nitrogens is 1. The minimum atomic E-state index is -0.436. The van der Waals surface area contributed by atoms with E-state index in [1.54, 1.807) is 26.2 Å². The number of methoxy groups -OCH3 is 1. The molecule has 0 atom stereocenters. The van der Waals surface area contributed by atoms with Gasteiger partial charge in [-0.15, -0.1) is 0 Å². The molecule has 140 valence electrons. The maximum Gasteiger partial charge on any atom is 0.272 e. The van der Waals surface area contributed by atoms with Crippen molar-refractivity contribution in [3.8, 4) is 11.8 Å². The average molecular weight is 375 g/mol. The largest absolute Gasteiger partial charge is 0.497 e. The summed E-state index contributed by atoms with van der Waals surface area (Å²) >= 11 is 0. The lowest BCUT2D eigenvalue weighted by Crippen LogP contribution is -1.93. The fourth-order valence-electron chi connectivity index (χ4n) is 2.69. The van der Waals surface area contributed by atoms with E-state index in [1.165, 1.54) is 12.3 Å². The molecule has 0 aliphatic heterocycles. The lowest BCUT2D eigenvalue weighted by molar-refractivity contribution is -0.385. The van der Waals surface area contributed by atoms with Gasteiger partial charge < -0.3 is 4.74 Å². The summed E-state index contributed by atoms with van der Waals surface area (Å²) in [5.74, 6) is 1.00. The highest BCUT2D eigenvalue weighted by Gasteiger charge is 2.13. The van der Waals surface area contributed by atoms with Gasteiger partial charge >= 0.3 is 0 Å². The summed E-state index contributed by atoms with van der Waals surface area (Å²) in [6, 6.07) is 14.5. The normalized spacial score (nSPS) is 10.8. The molecule has 8 heteroatoms. The molecule has 0 bridgehead atoms. The minimum absolute atomic E-state index is 0.0201. The fourth-order valence-corrected chi connectivity index (χ4v) is 2.69. The molecule has 0 saturated heterocycles. The van der Waals surface area contributed by atoms with Crippen LogP contribution in [0.3, 0.4) is 0 Å². The van der Waals surface area contributed by atoms with Crippen LogP contribution in [0.2, 0.25) is 0 Å². The van der Waals surface area contributed by atoms with Crippen molar-refractivity contribution in [3.05, 3.63) is 80.5 Å². The molecule has 0 unspecified atom stereocenters. The summed E-state index contributed by atoms with van der Waals surface area (Å²) in [5.41, 5.74) is 3.13. The Balaban J connectivity index is 1.84. The van der Waals surface area contributed by atoms with E-state index >= 15 is 0 Å². The van der Waals surface area contributed by atoms with Gasteiger partial charge in [-0.25, -0.2) is 4.99 Å². The molecule has 2 aromatic carbocycles.